The molecule has 5 heteroatoms. The molecule has 2 aromatic carbocycles. The molecule has 0 bridgehead atoms. The zero-order valence-electron chi connectivity index (χ0n) is 10.2. The summed E-state index contributed by atoms with van der Waals surface area (Å²) in [5.41, 5.74) is 1.84. The molecule has 1 heterocycles. The fraction of sp³-hybridized carbons (Fsp3) is 0. The van der Waals surface area contributed by atoms with Crippen molar-refractivity contribution in [1.82, 2.24) is 0 Å². The van der Waals surface area contributed by atoms with E-state index in [1.807, 2.05) is 12.1 Å². The number of benzene rings is 2. The second-order valence-corrected chi connectivity index (χ2v) is 6.55. The van der Waals surface area contributed by atoms with Crippen molar-refractivity contribution in [2.24, 2.45) is 0 Å². The third-order valence-electron chi connectivity index (χ3n) is 3.01. The zero-order chi connectivity index (χ0) is 14.1. The van der Waals surface area contributed by atoms with E-state index in [4.69, 9.17) is 5.26 Å². The Balaban J connectivity index is 2.08. The molecule has 0 fully saturated rings. The Hall–Kier alpha value is -2.41. The summed E-state index contributed by atoms with van der Waals surface area (Å²) in [7, 11) is 0. The molecule has 0 radical (unpaired) electrons. The van der Waals surface area contributed by atoms with E-state index in [0.717, 1.165) is 15.2 Å². The van der Waals surface area contributed by atoms with Crippen molar-refractivity contribution >= 4 is 29.8 Å². The maximum atomic E-state index is 10.8. The third-order valence-corrected chi connectivity index (χ3v) is 5.42. The average molecular weight is 327 g/mol. The van der Waals surface area contributed by atoms with Gasteiger partial charge in [-0.15, -0.1) is 0 Å². The molecule has 0 saturated heterocycles. The number of non-ortho nitro benzene ring substituents is 1. The van der Waals surface area contributed by atoms with E-state index in [1.54, 1.807) is 24.3 Å². The number of nitro groups is 1. The molecule has 0 aliphatic carbocycles. The topological polar surface area (TPSA) is 66.9 Å². The Morgan fingerprint density at radius 2 is 1.85 bits per heavy atom. The SMILES string of the molecule is N#Cc1ccc(-c2cc3ccc([N+](=O)[O-])cc3[se]2)cc1. The summed E-state index contributed by atoms with van der Waals surface area (Å²) in [4.78, 5) is 10.4. The van der Waals surface area contributed by atoms with Gasteiger partial charge in [0.25, 0.3) is 0 Å². The Morgan fingerprint density at radius 1 is 1.10 bits per heavy atom. The summed E-state index contributed by atoms with van der Waals surface area (Å²) in [6, 6.07) is 16.6. The molecule has 4 nitrogen and oxygen atoms in total. The molecule has 0 unspecified atom stereocenters. The Labute approximate surface area is 120 Å². The molecular formula is C15H8N2O2Se. The van der Waals surface area contributed by atoms with Gasteiger partial charge in [-0.1, -0.05) is 0 Å². The van der Waals surface area contributed by atoms with Crippen LogP contribution in [0.2, 0.25) is 0 Å². The molecule has 3 aromatic rings. The molecule has 0 N–H and O–H groups in total. The number of hydrogen-bond donors (Lipinski definition) is 0. The summed E-state index contributed by atoms with van der Waals surface area (Å²) >= 11 is 0.0650. The van der Waals surface area contributed by atoms with Crippen molar-refractivity contribution < 1.29 is 4.92 Å². The summed E-state index contributed by atoms with van der Waals surface area (Å²) in [5, 5.41) is 20.6. The average Bonchev–Trinajstić information content (AvgIpc) is 2.90. The molecule has 1 aromatic heterocycles. The fourth-order valence-electron chi connectivity index (χ4n) is 1.98. The van der Waals surface area contributed by atoms with Crippen LogP contribution in [0, 0.1) is 21.4 Å². The van der Waals surface area contributed by atoms with Gasteiger partial charge < -0.3 is 0 Å². The van der Waals surface area contributed by atoms with Crippen LogP contribution < -0.4 is 0 Å². The first-order valence-electron chi connectivity index (χ1n) is 5.86. The van der Waals surface area contributed by atoms with E-state index < -0.39 is 0 Å². The van der Waals surface area contributed by atoms with Gasteiger partial charge in [-0.25, -0.2) is 0 Å². The molecule has 0 aliphatic rings. The molecule has 0 spiro atoms. The van der Waals surface area contributed by atoms with Crippen LogP contribution in [0.5, 0.6) is 0 Å². The van der Waals surface area contributed by atoms with Crippen molar-refractivity contribution in [3.63, 3.8) is 0 Å². The van der Waals surface area contributed by atoms with Crippen molar-refractivity contribution in [3.8, 4) is 16.1 Å². The van der Waals surface area contributed by atoms with Gasteiger partial charge in [0.05, 0.1) is 0 Å². The van der Waals surface area contributed by atoms with E-state index in [0.29, 0.717) is 5.56 Å². The van der Waals surface area contributed by atoms with Crippen LogP contribution in [-0.2, 0) is 0 Å². The summed E-state index contributed by atoms with van der Waals surface area (Å²) in [6.45, 7) is 0. The van der Waals surface area contributed by atoms with Crippen molar-refractivity contribution in [3.05, 3.63) is 64.2 Å². The normalized spacial score (nSPS) is 10.3. The first-order valence-corrected chi connectivity index (χ1v) is 7.57. The van der Waals surface area contributed by atoms with Crippen LogP contribution in [0.15, 0.2) is 48.5 Å². The minimum atomic E-state index is -0.365. The van der Waals surface area contributed by atoms with Crippen LogP contribution in [-0.4, -0.2) is 19.4 Å². The molecule has 0 saturated carbocycles. The molecular weight excluding hydrogens is 319 g/mol. The van der Waals surface area contributed by atoms with Gasteiger partial charge in [0.1, 0.15) is 0 Å². The third kappa shape index (κ3) is 2.23. The quantitative estimate of drug-likeness (QED) is 0.412. The van der Waals surface area contributed by atoms with Crippen LogP contribution in [0.4, 0.5) is 5.69 Å². The summed E-state index contributed by atoms with van der Waals surface area (Å²) in [5.74, 6) is 0. The van der Waals surface area contributed by atoms with E-state index >= 15 is 0 Å². The van der Waals surface area contributed by atoms with Crippen molar-refractivity contribution in [1.29, 1.82) is 5.26 Å². The van der Waals surface area contributed by atoms with Crippen LogP contribution in [0.1, 0.15) is 5.56 Å². The van der Waals surface area contributed by atoms with Gasteiger partial charge >= 0.3 is 120 Å². The Bertz CT molecular complexity index is 844. The molecule has 3 rings (SSSR count). The summed E-state index contributed by atoms with van der Waals surface area (Å²) < 4.78 is 2.21. The fourth-order valence-corrected chi connectivity index (χ4v) is 4.30. The van der Waals surface area contributed by atoms with Gasteiger partial charge in [-0.2, -0.15) is 0 Å². The number of rotatable bonds is 2. The predicted octanol–water partition coefficient (Wildman–Crippen LogP) is 3.34. The minimum absolute atomic E-state index is 0.0650. The number of nitrogens with zero attached hydrogens (tertiary/aromatic N) is 2. The van der Waals surface area contributed by atoms with E-state index in [9.17, 15) is 10.1 Å². The maximum absolute atomic E-state index is 10.8. The van der Waals surface area contributed by atoms with Crippen LogP contribution >= 0.6 is 0 Å². The Morgan fingerprint density at radius 3 is 2.50 bits per heavy atom. The second-order valence-electron chi connectivity index (χ2n) is 4.28. The first kappa shape index (κ1) is 12.6. The number of fused-ring (bicyclic) bond motifs is 1. The molecule has 0 amide bonds. The van der Waals surface area contributed by atoms with Crippen molar-refractivity contribution in [2.75, 3.05) is 0 Å². The summed E-state index contributed by atoms with van der Waals surface area (Å²) in [6.07, 6.45) is 0. The van der Waals surface area contributed by atoms with Crippen LogP contribution in [0.25, 0.3) is 19.6 Å². The standard InChI is InChI=1S/C15H8N2O2Se/c16-9-10-1-3-11(4-2-10)14-7-12-5-6-13(17(18)19)8-15(12)20-14/h1-8H. The van der Waals surface area contributed by atoms with Gasteiger partial charge in [0, 0.05) is 0 Å². The number of nitro benzene ring substituents is 1. The number of hydrogen-bond acceptors (Lipinski definition) is 3. The molecule has 96 valence electrons. The second kappa shape index (κ2) is 4.93. The monoisotopic (exact) mass is 328 g/mol. The van der Waals surface area contributed by atoms with Gasteiger partial charge in [0.15, 0.2) is 0 Å². The molecule has 20 heavy (non-hydrogen) atoms. The first-order chi connectivity index (χ1) is 9.67. The molecule has 0 aliphatic heterocycles. The van der Waals surface area contributed by atoms with Crippen LogP contribution in [0.3, 0.4) is 0 Å². The van der Waals surface area contributed by atoms with E-state index in [1.165, 1.54) is 10.5 Å². The van der Waals surface area contributed by atoms with Gasteiger partial charge in [-0.3, -0.25) is 0 Å². The van der Waals surface area contributed by atoms with Gasteiger partial charge in [-0.05, 0) is 0 Å². The molecule has 0 atom stereocenters. The zero-order valence-corrected chi connectivity index (χ0v) is 12.0. The van der Waals surface area contributed by atoms with E-state index in [-0.39, 0.29) is 25.1 Å². The Kier molecular flexibility index (Phi) is 3.11. The number of nitriles is 1. The predicted molar refractivity (Wildman–Crippen MR) is 77.7 cm³/mol. The van der Waals surface area contributed by atoms with Crippen molar-refractivity contribution in [2.45, 2.75) is 0 Å². The van der Waals surface area contributed by atoms with E-state index in [2.05, 4.69) is 12.1 Å². The van der Waals surface area contributed by atoms with Gasteiger partial charge in [0.2, 0.25) is 0 Å².